The zero-order valence-corrected chi connectivity index (χ0v) is 28.4. The molecule has 2 aliphatic rings. The summed E-state index contributed by atoms with van der Waals surface area (Å²) in [6.07, 6.45) is 9.11. The average molecular weight is 692 g/mol. The first-order chi connectivity index (χ1) is 22.0. The van der Waals surface area contributed by atoms with Gasteiger partial charge in [0.15, 0.2) is 0 Å². The first kappa shape index (κ1) is 39.3. The normalized spacial score (nSPS) is 18.5. The Hall–Kier alpha value is -1.87. The molecule has 13 nitrogen and oxygen atoms in total. The Kier molecular flexibility index (Phi) is 22.9. The highest BCUT2D eigenvalue weighted by Crippen LogP contribution is 2.33. The number of nitrogens with one attached hydrogen (secondary N) is 5. The number of carbonyl (C=O) groups is 4. The van der Waals surface area contributed by atoms with Gasteiger partial charge in [-0.15, -0.1) is 6.42 Å². The monoisotopic (exact) mass is 691 g/mol. The number of rotatable bonds is 28. The van der Waals surface area contributed by atoms with Gasteiger partial charge >= 0.3 is 6.03 Å². The predicted octanol–water partition coefficient (Wildman–Crippen LogP) is 0.922. The van der Waals surface area contributed by atoms with E-state index in [9.17, 15) is 19.2 Å². The minimum atomic E-state index is -0.0656. The second kappa shape index (κ2) is 26.2. The summed E-state index contributed by atoms with van der Waals surface area (Å²) in [5.74, 6) is 4.69. The fraction of sp³-hybridized carbons (Fsp3) is 0.793. The van der Waals surface area contributed by atoms with Crippen molar-refractivity contribution in [2.24, 2.45) is 0 Å². The number of terminal acetylenes is 1. The second-order valence-corrected chi connectivity index (χ2v) is 14.1. The molecule has 2 aliphatic heterocycles. The molecule has 2 fully saturated rings. The molecule has 0 radical (unpaired) electrons. The molecule has 0 saturated carbocycles. The summed E-state index contributed by atoms with van der Waals surface area (Å²) in [6.45, 7) is 4.66. The number of amides is 5. The van der Waals surface area contributed by atoms with E-state index in [1.54, 1.807) is 21.6 Å². The van der Waals surface area contributed by atoms with Gasteiger partial charge in [0.25, 0.3) is 0 Å². The molecule has 2 saturated heterocycles. The number of hydrogen-bond donors (Lipinski definition) is 5. The molecule has 0 aliphatic carbocycles. The van der Waals surface area contributed by atoms with E-state index in [0.717, 1.165) is 30.8 Å². The van der Waals surface area contributed by atoms with E-state index in [0.29, 0.717) is 96.2 Å². The first-order valence-electron chi connectivity index (χ1n) is 15.5. The van der Waals surface area contributed by atoms with Gasteiger partial charge in [-0.3, -0.25) is 14.4 Å². The van der Waals surface area contributed by atoms with E-state index in [-0.39, 0.29) is 42.4 Å². The summed E-state index contributed by atoms with van der Waals surface area (Å²) in [7, 11) is 3.20. The topological polar surface area (TPSA) is 165 Å². The molecule has 45 heavy (non-hydrogen) atoms. The van der Waals surface area contributed by atoms with Gasteiger partial charge in [0, 0.05) is 54.9 Å². The molecule has 0 unspecified atom stereocenters. The van der Waals surface area contributed by atoms with Crippen LogP contribution in [0.2, 0.25) is 0 Å². The van der Waals surface area contributed by atoms with Crippen LogP contribution in [-0.4, -0.2) is 131 Å². The minimum Gasteiger partial charge on any atom is -0.379 e. The summed E-state index contributed by atoms with van der Waals surface area (Å²) in [5, 5.41) is 14.7. The van der Waals surface area contributed by atoms with Crippen LogP contribution in [0.3, 0.4) is 0 Å². The Morgan fingerprint density at radius 2 is 1.40 bits per heavy atom. The number of carbonyl (C=O) groups excluding carboxylic acids is 4. The lowest BCUT2D eigenvalue weighted by atomic mass is 10.0. The van der Waals surface area contributed by atoms with Gasteiger partial charge in [0.1, 0.15) is 0 Å². The molecule has 0 bridgehead atoms. The fourth-order valence-electron chi connectivity index (χ4n) is 4.36. The summed E-state index contributed by atoms with van der Waals surface area (Å²) < 4.78 is 21.8. The smallest absolute Gasteiger partial charge is 0.315 e. The molecule has 2 rings (SSSR count). The number of hydrogen-bond acceptors (Lipinski definition) is 11. The minimum absolute atomic E-state index is 0.0328. The van der Waals surface area contributed by atoms with Gasteiger partial charge in [-0.25, -0.2) is 4.79 Å². The van der Waals surface area contributed by atoms with Crippen LogP contribution in [-0.2, 0) is 33.3 Å². The van der Waals surface area contributed by atoms with Crippen molar-refractivity contribution in [1.29, 1.82) is 0 Å². The molecular formula is C29H49N5O8S3. The third-order valence-corrected chi connectivity index (χ3v) is 10.5. The molecule has 3 atom stereocenters. The van der Waals surface area contributed by atoms with Crippen molar-refractivity contribution in [2.45, 2.75) is 55.9 Å². The standard InChI is InChI=1S/C29H49N5O8S3/c1-2-9-30-27(37)8-20-44-45-21-11-32-26(36)7-12-39-14-16-41-18-19-42-17-15-40-13-10-31-25(35)6-4-3-5-24-28-23(22-43-24)33-29(38)34-28/h1,23-24,28H,3-22H2,(H,30,37)(H,31,35)(H,32,36)(H2,33,34,38)/t23-,24-,28-/m0/s1. The van der Waals surface area contributed by atoms with Crippen LogP contribution in [0.15, 0.2) is 0 Å². The Balaban J connectivity index is 1.23. The average Bonchev–Trinajstić information content (AvgIpc) is 3.58. The number of unbranched alkanes of at least 4 members (excludes halogenated alkanes) is 1. The third kappa shape index (κ3) is 20.1. The Bertz CT molecular complexity index is 914. The quantitative estimate of drug-likeness (QED) is 0.0343. The van der Waals surface area contributed by atoms with Crippen LogP contribution >= 0.6 is 33.3 Å². The largest absolute Gasteiger partial charge is 0.379 e. The Morgan fingerprint density at radius 3 is 2.13 bits per heavy atom. The molecule has 0 aromatic rings. The third-order valence-electron chi connectivity index (χ3n) is 6.63. The van der Waals surface area contributed by atoms with Crippen LogP contribution < -0.4 is 26.6 Å². The highest BCUT2D eigenvalue weighted by molar-refractivity contribution is 8.76. The summed E-state index contributed by atoms with van der Waals surface area (Å²) in [4.78, 5) is 46.7. The molecule has 5 N–H and O–H groups in total. The van der Waals surface area contributed by atoms with Crippen molar-refractivity contribution in [3.63, 3.8) is 0 Å². The van der Waals surface area contributed by atoms with Gasteiger partial charge in [0.05, 0.1) is 71.5 Å². The van der Waals surface area contributed by atoms with E-state index in [1.807, 2.05) is 11.8 Å². The zero-order valence-electron chi connectivity index (χ0n) is 25.9. The van der Waals surface area contributed by atoms with Crippen LogP contribution in [0.4, 0.5) is 4.79 Å². The number of ether oxygens (including phenoxy) is 4. The summed E-state index contributed by atoms with van der Waals surface area (Å²) in [5.41, 5.74) is 0. The van der Waals surface area contributed by atoms with Crippen molar-refractivity contribution >= 4 is 57.1 Å². The molecule has 5 amide bonds. The lowest BCUT2D eigenvalue weighted by Gasteiger charge is -2.16. The maximum Gasteiger partial charge on any atom is 0.315 e. The van der Waals surface area contributed by atoms with Crippen molar-refractivity contribution < 1.29 is 38.1 Å². The first-order valence-corrected chi connectivity index (χ1v) is 19.0. The molecule has 0 aromatic carbocycles. The molecule has 256 valence electrons. The zero-order chi connectivity index (χ0) is 32.4. The van der Waals surface area contributed by atoms with Gasteiger partial charge in [-0.05, 0) is 12.8 Å². The van der Waals surface area contributed by atoms with Crippen LogP contribution in [0.25, 0.3) is 0 Å². The Labute approximate surface area is 279 Å². The van der Waals surface area contributed by atoms with Gasteiger partial charge in [-0.2, -0.15) is 11.8 Å². The SMILES string of the molecule is C#CCNC(=O)CCSSCCNC(=O)CCOCCOCCOCCOCCNC(=O)CCCC[C@@H]1SC[C@@H]2NC(=O)N[C@@H]21. The van der Waals surface area contributed by atoms with Gasteiger partial charge < -0.3 is 45.5 Å². The summed E-state index contributed by atoms with van der Waals surface area (Å²) >= 11 is 1.90. The van der Waals surface area contributed by atoms with E-state index in [1.165, 1.54) is 0 Å². The molecule has 2 heterocycles. The maximum absolute atomic E-state index is 12.0. The van der Waals surface area contributed by atoms with E-state index >= 15 is 0 Å². The molecule has 16 heteroatoms. The molecule has 0 aromatic heterocycles. The van der Waals surface area contributed by atoms with Crippen LogP contribution in [0.1, 0.15) is 38.5 Å². The fourth-order valence-corrected chi connectivity index (χ4v) is 7.80. The van der Waals surface area contributed by atoms with Crippen LogP contribution in [0.5, 0.6) is 0 Å². The van der Waals surface area contributed by atoms with E-state index < -0.39 is 0 Å². The highest BCUT2D eigenvalue weighted by atomic mass is 33.1. The highest BCUT2D eigenvalue weighted by Gasteiger charge is 2.42. The lowest BCUT2D eigenvalue weighted by Crippen LogP contribution is -2.36. The van der Waals surface area contributed by atoms with Crippen LogP contribution in [0, 0.1) is 12.3 Å². The van der Waals surface area contributed by atoms with Crippen molar-refractivity contribution in [3.05, 3.63) is 0 Å². The number of thioether (sulfide) groups is 1. The van der Waals surface area contributed by atoms with E-state index in [4.69, 9.17) is 25.4 Å². The molecular weight excluding hydrogens is 643 g/mol. The molecule has 0 spiro atoms. The van der Waals surface area contributed by atoms with Gasteiger partial charge in [0.2, 0.25) is 17.7 Å². The predicted molar refractivity (Wildman–Crippen MR) is 179 cm³/mol. The number of fused-ring (bicyclic) bond motifs is 1. The van der Waals surface area contributed by atoms with Crippen molar-refractivity contribution in [3.8, 4) is 12.3 Å². The van der Waals surface area contributed by atoms with Crippen molar-refractivity contribution in [1.82, 2.24) is 26.6 Å². The van der Waals surface area contributed by atoms with E-state index in [2.05, 4.69) is 32.5 Å². The van der Waals surface area contributed by atoms with Gasteiger partial charge in [-0.1, -0.05) is 33.9 Å². The summed E-state index contributed by atoms with van der Waals surface area (Å²) in [6, 6.07) is 0.393. The number of urea groups is 1. The van der Waals surface area contributed by atoms with Crippen molar-refractivity contribution in [2.75, 3.05) is 89.7 Å². The second-order valence-electron chi connectivity index (χ2n) is 10.1. The lowest BCUT2D eigenvalue weighted by molar-refractivity contribution is -0.122. The maximum atomic E-state index is 12.0. The Morgan fingerprint density at radius 1 is 0.778 bits per heavy atom.